The third-order valence-corrected chi connectivity index (χ3v) is 1.09. The summed E-state index contributed by atoms with van der Waals surface area (Å²) < 4.78 is 0. The first kappa shape index (κ1) is 9.65. The van der Waals surface area contributed by atoms with Crippen LogP contribution in [0.3, 0.4) is 0 Å². The molecule has 0 rings (SSSR count). The minimum Gasteiger partial charge on any atom is -0.364 e. The number of amides is 1. The van der Waals surface area contributed by atoms with E-state index < -0.39 is 5.91 Å². The molecule has 0 aliphatic rings. The van der Waals surface area contributed by atoms with E-state index in [2.05, 4.69) is 28.4 Å². The summed E-state index contributed by atoms with van der Waals surface area (Å²) in [4.78, 5) is 10.6. The Bertz CT molecular complexity index is 197. The molecular weight excluding hydrogens is 164 g/mol. The number of hydrogen-bond acceptors (Lipinski definition) is 3. The van der Waals surface area contributed by atoms with Gasteiger partial charge in [0.25, 0.3) is 5.91 Å². The first-order valence-electron chi connectivity index (χ1n) is 2.84. The van der Waals surface area contributed by atoms with E-state index >= 15 is 0 Å². The molecule has 0 saturated heterocycles. The molecule has 1 amide bonds. The summed E-state index contributed by atoms with van der Waals surface area (Å²) in [6, 6.07) is 1.69. The molecule has 0 atom stereocenters. The molecule has 3 N–H and O–H groups in total. The van der Waals surface area contributed by atoms with Gasteiger partial charge in [0.05, 0.1) is 6.07 Å². The van der Waals surface area contributed by atoms with Crippen molar-refractivity contribution in [3.63, 3.8) is 0 Å². The lowest BCUT2D eigenvalue weighted by Gasteiger charge is -2.05. The fraction of sp³-hybridized carbons (Fsp3) is 0.400. The van der Waals surface area contributed by atoms with E-state index in [0.29, 0.717) is 5.11 Å². The van der Waals surface area contributed by atoms with Crippen molar-refractivity contribution in [3.05, 3.63) is 0 Å². The highest BCUT2D eigenvalue weighted by molar-refractivity contribution is 7.80. The Labute approximate surface area is 69.7 Å². The molecule has 5 nitrogen and oxygen atoms in total. The van der Waals surface area contributed by atoms with E-state index in [4.69, 9.17) is 5.26 Å². The van der Waals surface area contributed by atoms with Crippen molar-refractivity contribution < 1.29 is 4.79 Å². The van der Waals surface area contributed by atoms with E-state index in [1.165, 1.54) is 0 Å². The van der Waals surface area contributed by atoms with Crippen LogP contribution in [0.4, 0.5) is 0 Å². The van der Waals surface area contributed by atoms with Gasteiger partial charge in [-0.15, -0.1) is 0 Å². The van der Waals surface area contributed by atoms with E-state index in [-0.39, 0.29) is 6.42 Å². The fourth-order valence-corrected chi connectivity index (χ4v) is 0.356. The van der Waals surface area contributed by atoms with E-state index in [1.54, 1.807) is 13.1 Å². The second-order valence-electron chi connectivity index (χ2n) is 1.59. The zero-order chi connectivity index (χ0) is 8.69. The zero-order valence-electron chi connectivity index (χ0n) is 5.97. The lowest BCUT2D eigenvalue weighted by molar-refractivity contribution is -0.120. The Kier molecular flexibility index (Phi) is 4.77. The Morgan fingerprint density at radius 3 is 2.73 bits per heavy atom. The number of hydrazine groups is 1. The molecule has 0 aliphatic heterocycles. The van der Waals surface area contributed by atoms with Gasteiger partial charge < -0.3 is 5.32 Å². The summed E-state index contributed by atoms with van der Waals surface area (Å²) in [6.45, 7) is 0. The summed E-state index contributed by atoms with van der Waals surface area (Å²) in [6.07, 6.45) is -0.181. The van der Waals surface area contributed by atoms with Crippen LogP contribution in [0.15, 0.2) is 0 Å². The van der Waals surface area contributed by atoms with Gasteiger partial charge in [-0.25, -0.2) is 0 Å². The minimum absolute atomic E-state index is 0.181. The lowest BCUT2D eigenvalue weighted by Crippen LogP contribution is -2.45. The maximum Gasteiger partial charge on any atom is 0.252 e. The van der Waals surface area contributed by atoms with Gasteiger partial charge in [0.1, 0.15) is 6.42 Å². The number of nitrogens with one attached hydrogen (secondary N) is 3. The van der Waals surface area contributed by atoms with Crippen molar-refractivity contribution in [2.24, 2.45) is 0 Å². The fourth-order valence-electron chi connectivity index (χ4n) is 0.305. The van der Waals surface area contributed by atoms with Crippen LogP contribution in [-0.2, 0) is 4.79 Å². The van der Waals surface area contributed by atoms with Crippen LogP contribution >= 0.6 is 12.2 Å². The van der Waals surface area contributed by atoms with Crippen LogP contribution < -0.4 is 16.2 Å². The van der Waals surface area contributed by atoms with Gasteiger partial charge in [-0.3, -0.25) is 15.6 Å². The molecule has 0 radical (unpaired) electrons. The summed E-state index contributed by atoms with van der Waals surface area (Å²) >= 11 is 4.64. The number of carbonyl (C=O) groups is 1. The predicted octanol–water partition coefficient (Wildman–Crippen LogP) is -0.975. The molecule has 0 aromatic carbocycles. The zero-order valence-corrected chi connectivity index (χ0v) is 6.79. The summed E-state index contributed by atoms with van der Waals surface area (Å²) in [7, 11) is 1.62. The molecule has 6 heteroatoms. The highest BCUT2D eigenvalue weighted by atomic mass is 32.1. The number of nitriles is 1. The SMILES string of the molecule is CNC(=S)NNC(=O)CC#N. The van der Waals surface area contributed by atoms with Gasteiger partial charge in [-0.05, 0) is 12.2 Å². The van der Waals surface area contributed by atoms with Gasteiger partial charge >= 0.3 is 0 Å². The second-order valence-corrected chi connectivity index (χ2v) is 2.00. The molecule has 0 unspecified atom stereocenters. The quantitative estimate of drug-likeness (QED) is 0.350. The predicted molar refractivity (Wildman–Crippen MR) is 43.2 cm³/mol. The van der Waals surface area contributed by atoms with Crippen molar-refractivity contribution in [2.45, 2.75) is 6.42 Å². The van der Waals surface area contributed by atoms with Gasteiger partial charge in [0.15, 0.2) is 5.11 Å². The summed E-state index contributed by atoms with van der Waals surface area (Å²) in [5.41, 5.74) is 4.61. The maximum atomic E-state index is 10.6. The first-order chi connectivity index (χ1) is 5.20. The van der Waals surface area contributed by atoms with Crippen molar-refractivity contribution in [2.75, 3.05) is 7.05 Å². The molecule has 0 aliphatic carbocycles. The first-order valence-corrected chi connectivity index (χ1v) is 3.25. The Morgan fingerprint density at radius 2 is 2.27 bits per heavy atom. The van der Waals surface area contributed by atoms with Crippen LogP contribution in [-0.4, -0.2) is 18.1 Å². The Balaban J connectivity index is 3.47. The average molecular weight is 172 g/mol. The van der Waals surface area contributed by atoms with Gasteiger partial charge in [-0.2, -0.15) is 5.26 Å². The third-order valence-electron chi connectivity index (χ3n) is 0.782. The number of carbonyl (C=O) groups excluding carboxylic acids is 1. The number of rotatable bonds is 1. The summed E-state index contributed by atoms with van der Waals surface area (Å²) in [5, 5.41) is 11.0. The van der Waals surface area contributed by atoms with Crippen LogP contribution in [0, 0.1) is 11.3 Å². The maximum absolute atomic E-state index is 10.6. The van der Waals surface area contributed by atoms with Gasteiger partial charge in [-0.1, -0.05) is 0 Å². The molecule has 0 spiro atoms. The van der Waals surface area contributed by atoms with Crippen LogP contribution in [0.2, 0.25) is 0 Å². The standard InChI is InChI=1S/C5H8N4OS/c1-7-5(11)9-8-4(10)2-3-6/h2H2,1H3,(H,8,10)(H2,7,9,11). The number of nitrogens with zero attached hydrogens (tertiary/aromatic N) is 1. The summed E-state index contributed by atoms with van der Waals surface area (Å²) in [5.74, 6) is -0.412. The molecular formula is C5H8N4OS. The molecule has 0 aromatic heterocycles. The number of thiocarbonyl (C=S) groups is 1. The van der Waals surface area contributed by atoms with Crippen molar-refractivity contribution >= 4 is 23.2 Å². The third kappa shape index (κ3) is 5.11. The van der Waals surface area contributed by atoms with Crippen molar-refractivity contribution in [3.8, 4) is 6.07 Å². The van der Waals surface area contributed by atoms with E-state index in [9.17, 15) is 4.79 Å². The highest BCUT2D eigenvalue weighted by Gasteiger charge is 1.97. The molecule has 60 valence electrons. The lowest BCUT2D eigenvalue weighted by atomic mass is 10.5. The van der Waals surface area contributed by atoms with Crippen molar-refractivity contribution in [1.82, 2.24) is 16.2 Å². The molecule has 0 heterocycles. The monoisotopic (exact) mass is 172 g/mol. The molecule has 0 fully saturated rings. The van der Waals surface area contributed by atoms with Gasteiger partial charge in [0, 0.05) is 7.05 Å². The van der Waals surface area contributed by atoms with Gasteiger partial charge in [0.2, 0.25) is 0 Å². The normalized spacial score (nSPS) is 7.64. The Morgan fingerprint density at radius 1 is 1.64 bits per heavy atom. The molecule has 0 saturated carbocycles. The van der Waals surface area contributed by atoms with Crippen molar-refractivity contribution in [1.29, 1.82) is 5.26 Å². The largest absolute Gasteiger partial charge is 0.364 e. The average Bonchev–Trinajstić information content (AvgIpc) is 2.01. The molecule has 0 bridgehead atoms. The smallest absolute Gasteiger partial charge is 0.252 e. The van der Waals surface area contributed by atoms with Crippen LogP contribution in [0.5, 0.6) is 0 Å². The number of hydrogen-bond donors (Lipinski definition) is 3. The van der Waals surface area contributed by atoms with Crippen LogP contribution in [0.25, 0.3) is 0 Å². The van der Waals surface area contributed by atoms with E-state index in [0.717, 1.165) is 0 Å². The second kappa shape index (κ2) is 5.44. The molecule has 0 aromatic rings. The molecule has 11 heavy (non-hydrogen) atoms. The minimum atomic E-state index is -0.412. The Hall–Kier alpha value is -1.35. The van der Waals surface area contributed by atoms with Crippen LogP contribution in [0.1, 0.15) is 6.42 Å². The highest BCUT2D eigenvalue weighted by Crippen LogP contribution is 1.71. The topological polar surface area (TPSA) is 76.9 Å². The van der Waals surface area contributed by atoms with E-state index in [1.807, 2.05) is 0 Å².